The molecule has 3 aromatic heterocycles. The number of rotatable bonds is 5. The molecule has 8 heteroatoms. The van der Waals surface area contributed by atoms with Gasteiger partial charge in [-0.3, -0.25) is 14.5 Å². The van der Waals surface area contributed by atoms with E-state index in [0.717, 1.165) is 11.1 Å². The van der Waals surface area contributed by atoms with E-state index < -0.39 is 5.97 Å². The number of aliphatic carboxylic acids is 1. The number of nitrogens with zero attached hydrogens (tertiary/aromatic N) is 6. The molecule has 0 saturated carbocycles. The summed E-state index contributed by atoms with van der Waals surface area (Å²) in [6, 6.07) is 3.34. The maximum atomic E-state index is 11.1. The van der Waals surface area contributed by atoms with Gasteiger partial charge in [-0.2, -0.15) is 10.2 Å². The van der Waals surface area contributed by atoms with Crippen LogP contribution in [-0.2, 0) is 11.3 Å². The van der Waals surface area contributed by atoms with Crippen LogP contribution < -0.4 is 0 Å². The molecule has 0 unspecified atom stereocenters. The Hall–Kier alpha value is -3.03. The summed E-state index contributed by atoms with van der Waals surface area (Å²) in [5.74, 6) is 0.0444. The van der Waals surface area contributed by atoms with Crippen molar-refractivity contribution in [2.45, 2.75) is 26.4 Å². The minimum Gasteiger partial charge on any atom is -0.480 e. The van der Waals surface area contributed by atoms with Crippen molar-refractivity contribution >= 4 is 5.97 Å². The number of hydrogen-bond acceptors (Lipinski definition) is 5. The lowest BCUT2D eigenvalue weighted by Gasteiger charge is -2.11. The summed E-state index contributed by atoms with van der Waals surface area (Å²) < 4.78 is 3.15. The van der Waals surface area contributed by atoms with E-state index >= 15 is 0 Å². The van der Waals surface area contributed by atoms with Gasteiger partial charge in [-0.1, -0.05) is 0 Å². The van der Waals surface area contributed by atoms with E-state index in [1.54, 1.807) is 35.4 Å². The number of pyridine rings is 1. The molecule has 0 fully saturated rings. The molecule has 0 aliphatic rings. The Morgan fingerprint density at radius 2 is 2.09 bits per heavy atom. The number of aromatic nitrogens is 6. The molecule has 0 saturated heterocycles. The van der Waals surface area contributed by atoms with E-state index in [1.165, 1.54) is 4.68 Å². The minimum absolute atomic E-state index is 0.230. The highest BCUT2D eigenvalue weighted by Gasteiger charge is 2.20. The number of aryl methyl sites for hydroxylation is 1. The van der Waals surface area contributed by atoms with Gasteiger partial charge in [0.05, 0.1) is 6.20 Å². The predicted molar refractivity (Wildman–Crippen MR) is 81.7 cm³/mol. The molecule has 1 atom stereocenters. The van der Waals surface area contributed by atoms with Crippen LogP contribution in [0.1, 0.15) is 24.4 Å². The van der Waals surface area contributed by atoms with Crippen molar-refractivity contribution < 1.29 is 9.90 Å². The first-order valence-electron chi connectivity index (χ1n) is 7.12. The van der Waals surface area contributed by atoms with Crippen LogP contribution in [0.2, 0.25) is 0 Å². The second-order valence-electron chi connectivity index (χ2n) is 5.25. The van der Waals surface area contributed by atoms with Crippen molar-refractivity contribution in [2.75, 3.05) is 0 Å². The Labute approximate surface area is 132 Å². The van der Waals surface area contributed by atoms with Gasteiger partial charge in [0.15, 0.2) is 11.6 Å². The summed E-state index contributed by atoms with van der Waals surface area (Å²) in [7, 11) is 0. The molecule has 1 N–H and O–H groups in total. The van der Waals surface area contributed by atoms with E-state index in [0.29, 0.717) is 11.6 Å². The Kier molecular flexibility index (Phi) is 3.88. The average Bonchev–Trinajstić information content (AvgIpc) is 3.14. The summed E-state index contributed by atoms with van der Waals surface area (Å²) in [5.41, 5.74) is 1.81. The Bertz CT molecular complexity index is 824. The van der Waals surface area contributed by atoms with Crippen molar-refractivity contribution in [2.24, 2.45) is 0 Å². The van der Waals surface area contributed by atoms with Gasteiger partial charge in [-0.25, -0.2) is 9.67 Å². The van der Waals surface area contributed by atoms with Crippen molar-refractivity contribution in [3.63, 3.8) is 0 Å². The van der Waals surface area contributed by atoms with Crippen molar-refractivity contribution in [1.82, 2.24) is 29.5 Å². The molecule has 0 amide bonds. The van der Waals surface area contributed by atoms with Gasteiger partial charge in [0.2, 0.25) is 0 Å². The highest BCUT2D eigenvalue weighted by atomic mass is 16.4. The largest absolute Gasteiger partial charge is 0.480 e. The molecule has 3 heterocycles. The lowest BCUT2D eigenvalue weighted by Crippen LogP contribution is -2.18. The van der Waals surface area contributed by atoms with Crippen LogP contribution >= 0.6 is 0 Å². The lowest BCUT2D eigenvalue weighted by molar-refractivity contribution is -0.137. The maximum absolute atomic E-state index is 11.1. The monoisotopic (exact) mass is 312 g/mol. The van der Waals surface area contributed by atoms with Crippen LogP contribution in [0.5, 0.6) is 0 Å². The van der Waals surface area contributed by atoms with Gasteiger partial charge in [-0.05, 0) is 31.5 Å². The zero-order valence-corrected chi connectivity index (χ0v) is 12.8. The van der Waals surface area contributed by atoms with E-state index in [1.807, 2.05) is 20.0 Å². The third kappa shape index (κ3) is 3.10. The smallest absolute Gasteiger partial charge is 0.325 e. The summed E-state index contributed by atoms with van der Waals surface area (Å²) in [6.07, 6.45) is 6.93. The van der Waals surface area contributed by atoms with Gasteiger partial charge in [0.1, 0.15) is 12.6 Å². The first kappa shape index (κ1) is 14.9. The zero-order chi connectivity index (χ0) is 16.4. The Morgan fingerprint density at radius 1 is 1.35 bits per heavy atom. The first-order valence-corrected chi connectivity index (χ1v) is 7.12. The van der Waals surface area contributed by atoms with Crippen LogP contribution in [0, 0.1) is 6.92 Å². The van der Waals surface area contributed by atoms with E-state index in [9.17, 15) is 4.79 Å². The van der Waals surface area contributed by atoms with Crippen molar-refractivity contribution in [3.8, 4) is 11.4 Å². The quantitative estimate of drug-likeness (QED) is 0.767. The van der Waals surface area contributed by atoms with Gasteiger partial charge in [0, 0.05) is 24.2 Å². The molecule has 3 rings (SSSR count). The van der Waals surface area contributed by atoms with Crippen molar-refractivity contribution in [3.05, 3.63) is 48.3 Å². The Balaban J connectivity index is 2.03. The maximum Gasteiger partial charge on any atom is 0.325 e. The molecule has 23 heavy (non-hydrogen) atoms. The fraction of sp³-hybridized carbons (Fsp3) is 0.267. The molecule has 0 aliphatic carbocycles. The molecule has 0 aromatic carbocycles. The molecule has 0 aliphatic heterocycles. The first-order chi connectivity index (χ1) is 11.0. The van der Waals surface area contributed by atoms with E-state index in [-0.39, 0.29) is 12.6 Å². The Morgan fingerprint density at radius 3 is 2.70 bits per heavy atom. The second-order valence-corrected chi connectivity index (χ2v) is 5.25. The summed E-state index contributed by atoms with van der Waals surface area (Å²) in [6.45, 7) is 3.60. The van der Waals surface area contributed by atoms with E-state index in [4.69, 9.17) is 5.11 Å². The standard InChI is InChI=1S/C15H16N6O2/c1-10-7-17-20(8-10)11(2)15-18-14(12-3-5-16-6-4-12)19-21(15)9-13(22)23/h3-8,11H,9H2,1-2H3,(H,22,23)/t11-/m0/s1. The summed E-state index contributed by atoms with van der Waals surface area (Å²) >= 11 is 0. The number of carboxylic acid groups (broad SMARTS) is 1. The van der Waals surface area contributed by atoms with E-state index in [2.05, 4.69) is 20.2 Å². The third-order valence-corrected chi connectivity index (χ3v) is 3.42. The molecule has 118 valence electrons. The fourth-order valence-electron chi connectivity index (χ4n) is 2.29. The number of carbonyl (C=O) groups is 1. The van der Waals surface area contributed by atoms with Crippen LogP contribution in [0.4, 0.5) is 0 Å². The van der Waals surface area contributed by atoms with Crippen LogP contribution in [0.3, 0.4) is 0 Å². The highest BCUT2D eigenvalue weighted by Crippen LogP contribution is 2.20. The van der Waals surface area contributed by atoms with Gasteiger partial charge < -0.3 is 5.11 Å². The fourth-order valence-corrected chi connectivity index (χ4v) is 2.29. The van der Waals surface area contributed by atoms with Gasteiger partial charge in [-0.15, -0.1) is 0 Å². The van der Waals surface area contributed by atoms with Gasteiger partial charge >= 0.3 is 5.97 Å². The van der Waals surface area contributed by atoms with Crippen LogP contribution in [0.15, 0.2) is 36.9 Å². The molecular weight excluding hydrogens is 296 g/mol. The molecular formula is C15H16N6O2. The highest BCUT2D eigenvalue weighted by molar-refractivity contribution is 5.66. The molecule has 8 nitrogen and oxygen atoms in total. The third-order valence-electron chi connectivity index (χ3n) is 3.42. The minimum atomic E-state index is -0.971. The molecule has 0 spiro atoms. The topological polar surface area (TPSA) is 98.7 Å². The lowest BCUT2D eigenvalue weighted by atomic mass is 10.2. The molecule has 0 radical (unpaired) electrons. The van der Waals surface area contributed by atoms with Gasteiger partial charge in [0.25, 0.3) is 0 Å². The summed E-state index contributed by atoms with van der Waals surface area (Å²) in [5, 5.41) is 17.7. The second kappa shape index (κ2) is 5.99. The zero-order valence-electron chi connectivity index (χ0n) is 12.8. The number of hydrogen-bond donors (Lipinski definition) is 1. The van der Waals surface area contributed by atoms with Crippen LogP contribution in [-0.4, -0.2) is 40.6 Å². The molecule has 0 bridgehead atoms. The SMILES string of the molecule is Cc1cnn([C@@H](C)c2nc(-c3ccncc3)nn2CC(=O)O)c1. The average molecular weight is 312 g/mol. The number of carboxylic acids is 1. The predicted octanol–water partition coefficient (Wildman–Crippen LogP) is 1.54. The normalized spacial score (nSPS) is 12.3. The van der Waals surface area contributed by atoms with Crippen LogP contribution in [0.25, 0.3) is 11.4 Å². The summed E-state index contributed by atoms with van der Waals surface area (Å²) in [4.78, 5) is 19.6. The van der Waals surface area contributed by atoms with Crippen molar-refractivity contribution in [1.29, 1.82) is 0 Å². The molecule has 3 aromatic rings.